The number of piperidine rings is 1. The van der Waals surface area contributed by atoms with Crippen molar-refractivity contribution in [2.24, 2.45) is 11.8 Å². The van der Waals surface area contributed by atoms with Gasteiger partial charge in [0.05, 0.1) is 24.4 Å². The lowest BCUT2D eigenvalue weighted by atomic mass is 9.91. The molecule has 23 heavy (non-hydrogen) atoms. The summed E-state index contributed by atoms with van der Waals surface area (Å²) in [6, 6.07) is 6.22. The average Bonchev–Trinajstić information content (AvgIpc) is 2.46. The zero-order valence-electron chi connectivity index (χ0n) is 14.8. The van der Waals surface area contributed by atoms with Gasteiger partial charge in [-0.05, 0) is 48.8 Å². The Hall–Kier alpha value is -1.71. The fourth-order valence-corrected chi connectivity index (χ4v) is 3.61. The quantitative estimate of drug-likeness (QED) is 0.662. The van der Waals surface area contributed by atoms with Gasteiger partial charge in [0.15, 0.2) is 0 Å². The number of nitrogens with zero attached hydrogens (tertiary/aromatic N) is 1. The van der Waals surface area contributed by atoms with Gasteiger partial charge in [0.2, 0.25) is 0 Å². The summed E-state index contributed by atoms with van der Waals surface area (Å²) in [6.07, 6.45) is 1.68. The van der Waals surface area contributed by atoms with Crippen LogP contribution in [0.5, 0.6) is 0 Å². The fourth-order valence-electron chi connectivity index (χ4n) is 3.61. The Labute approximate surface area is 140 Å². The van der Waals surface area contributed by atoms with Crippen LogP contribution in [0.4, 0.5) is 11.4 Å². The number of nitrogens with two attached hydrogens (primary N) is 1. The first-order valence-corrected chi connectivity index (χ1v) is 8.70. The van der Waals surface area contributed by atoms with E-state index in [1.165, 1.54) is 6.42 Å². The largest absolute Gasteiger partial charge is 0.466 e. The van der Waals surface area contributed by atoms with Crippen molar-refractivity contribution in [3.05, 3.63) is 23.8 Å². The lowest BCUT2D eigenvalue weighted by molar-refractivity contribution is -0.143. The third-order valence-corrected chi connectivity index (χ3v) is 4.61. The average molecular weight is 318 g/mol. The summed E-state index contributed by atoms with van der Waals surface area (Å²) in [5.74, 6) is 1.35. The minimum absolute atomic E-state index is 0.115. The monoisotopic (exact) mass is 318 g/mol. The number of esters is 1. The lowest BCUT2D eigenvalue weighted by Crippen LogP contribution is -2.39. The molecule has 1 fully saturated rings. The van der Waals surface area contributed by atoms with Gasteiger partial charge in [-0.3, -0.25) is 4.79 Å². The van der Waals surface area contributed by atoms with E-state index < -0.39 is 0 Å². The van der Waals surface area contributed by atoms with Gasteiger partial charge in [-0.2, -0.15) is 0 Å². The van der Waals surface area contributed by atoms with Crippen molar-refractivity contribution in [2.75, 3.05) is 30.3 Å². The van der Waals surface area contributed by atoms with Gasteiger partial charge in [0.1, 0.15) is 0 Å². The second kappa shape index (κ2) is 7.71. The molecule has 1 aliphatic heterocycles. The van der Waals surface area contributed by atoms with Gasteiger partial charge in [-0.1, -0.05) is 26.8 Å². The van der Waals surface area contributed by atoms with Crippen LogP contribution in [0.25, 0.3) is 0 Å². The summed E-state index contributed by atoms with van der Waals surface area (Å²) in [6.45, 7) is 11.0. The molecular formula is C19H30N2O2. The Kier molecular flexibility index (Phi) is 5.91. The zero-order valence-corrected chi connectivity index (χ0v) is 14.8. The molecule has 4 nitrogen and oxygen atoms in total. The first-order chi connectivity index (χ1) is 10.9. The van der Waals surface area contributed by atoms with Crippen LogP contribution in [0.3, 0.4) is 0 Å². The SMILES string of the molecule is CCOC(=O)CC(C)c1ccc(N2CC(C)CC(C)C2)c(N)c1. The molecule has 0 saturated carbocycles. The van der Waals surface area contributed by atoms with Gasteiger partial charge in [-0.25, -0.2) is 0 Å². The van der Waals surface area contributed by atoms with Crippen molar-refractivity contribution in [2.45, 2.75) is 46.5 Å². The molecule has 1 aromatic carbocycles. The summed E-state index contributed by atoms with van der Waals surface area (Å²) < 4.78 is 5.03. The minimum Gasteiger partial charge on any atom is -0.466 e. The van der Waals surface area contributed by atoms with Gasteiger partial charge in [0.25, 0.3) is 0 Å². The highest BCUT2D eigenvalue weighted by Gasteiger charge is 2.23. The summed E-state index contributed by atoms with van der Waals surface area (Å²) >= 11 is 0. The van der Waals surface area contributed by atoms with Gasteiger partial charge in [-0.15, -0.1) is 0 Å². The number of hydrogen-bond acceptors (Lipinski definition) is 4. The first kappa shape index (κ1) is 17.6. The standard InChI is InChI=1S/C19H30N2O2/c1-5-23-19(22)9-15(4)16-6-7-18(17(20)10-16)21-11-13(2)8-14(3)12-21/h6-7,10,13-15H,5,8-9,11-12,20H2,1-4H3. The molecule has 2 N–H and O–H groups in total. The molecule has 3 atom stereocenters. The van der Waals surface area contributed by atoms with Gasteiger partial charge >= 0.3 is 5.97 Å². The van der Waals surface area contributed by atoms with Crippen LogP contribution in [-0.4, -0.2) is 25.7 Å². The van der Waals surface area contributed by atoms with Crippen molar-refractivity contribution in [1.82, 2.24) is 0 Å². The Morgan fingerprint density at radius 3 is 2.57 bits per heavy atom. The highest BCUT2D eigenvalue weighted by Crippen LogP contribution is 2.33. The van der Waals surface area contributed by atoms with E-state index in [1.807, 2.05) is 19.9 Å². The van der Waals surface area contributed by atoms with Gasteiger partial charge < -0.3 is 15.4 Å². The van der Waals surface area contributed by atoms with Crippen LogP contribution in [0.15, 0.2) is 18.2 Å². The second-order valence-corrected chi connectivity index (χ2v) is 7.08. The van der Waals surface area contributed by atoms with Crippen molar-refractivity contribution in [1.29, 1.82) is 0 Å². The summed E-state index contributed by atoms with van der Waals surface area (Å²) in [5, 5.41) is 0. The molecule has 2 rings (SSSR count). The third-order valence-electron chi connectivity index (χ3n) is 4.61. The van der Waals surface area contributed by atoms with Crippen LogP contribution in [0, 0.1) is 11.8 Å². The predicted molar refractivity (Wildman–Crippen MR) is 95.7 cm³/mol. The number of nitrogen functional groups attached to an aromatic ring is 1. The molecule has 1 aromatic rings. The van der Waals surface area contributed by atoms with Crippen molar-refractivity contribution >= 4 is 17.3 Å². The molecule has 0 spiro atoms. The summed E-state index contributed by atoms with van der Waals surface area (Å²) in [4.78, 5) is 14.0. The summed E-state index contributed by atoms with van der Waals surface area (Å²) in [5.41, 5.74) is 9.33. The van der Waals surface area contributed by atoms with Crippen molar-refractivity contribution < 1.29 is 9.53 Å². The lowest BCUT2D eigenvalue weighted by Gasteiger charge is -2.37. The molecule has 1 saturated heterocycles. The third kappa shape index (κ3) is 4.63. The van der Waals surface area contributed by atoms with E-state index in [1.54, 1.807) is 0 Å². The Morgan fingerprint density at radius 2 is 2.00 bits per heavy atom. The van der Waals surface area contributed by atoms with E-state index in [0.717, 1.165) is 30.0 Å². The molecule has 128 valence electrons. The van der Waals surface area contributed by atoms with Crippen LogP contribution in [0.2, 0.25) is 0 Å². The van der Waals surface area contributed by atoms with Crippen molar-refractivity contribution in [3.8, 4) is 0 Å². The Morgan fingerprint density at radius 1 is 1.35 bits per heavy atom. The molecular weight excluding hydrogens is 288 g/mol. The van der Waals surface area contributed by atoms with Crippen LogP contribution < -0.4 is 10.6 Å². The topological polar surface area (TPSA) is 55.6 Å². The van der Waals surface area contributed by atoms with E-state index in [4.69, 9.17) is 10.5 Å². The summed E-state index contributed by atoms with van der Waals surface area (Å²) in [7, 11) is 0. The van der Waals surface area contributed by atoms with E-state index in [0.29, 0.717) is 24.9 Å². The van der Waals surface area contributed by atoms with Crippen LogP contribution in [-0.2, 0) is 9.53 Å². The molecule has 1 aliphatic rings. The second-order valence-electron chi connectivity index (χ2n) is 7.08. The molecule has 1 heterocycles. The Bertz CT molecular complexity index is 534. The molecule has 0 bridgehead atoms. The minimum atomic E-state index is -0.152. The van der Waals surface area contributed by atoms with Crippen LogP contribution >= 0.6 is 0 Å². The number of carbonyl (C=O) groups is 1. The zero-order chi connectivity index (χ0) is 17.0. The number of benzene rings is 1. The molecule has 3 unspecified atom stereocenters. The van der Waals surface area contributed by atoms with E-state index >= 15 is 0 Å². The molecule has 0 aromatic heterocycles. The normalized spacial score (nSPS) is 22.7. The highest BCUT2D eigenvalue weighted by molar-refractivity contribution is 5.72. The Balaban J connectivity index is 2.09. The molecule has 0 aliphatic carbocycles. The van der Waals surface area contributed by atoms with E-state index in [-0.39, 0.29) is 11.9 Å². The van der Waals surface area contributed by atoms with E-state index in [9.17, 15) is 4.79 Å². The number of ether oxygens (including phenoxy) is 1. The molecule has 0 amide bonds. The highest BCUT2D eigenvalue weighted by atomic mass is 16.5. The number of anilines is 2. The first-order valence-electron chi connectivity index (χ1n) is 8.70. The smallest absolute Gasteiger partial charge is 0.306 e. The maximum atomic E-state index is 11.6. The maximum Gasteiger partial charge on any atom is 0.306 e. The molecule has 4 heteroatoms. The predicted octanol–water partition coefficient (Wildman–Crippen LogP) is 3.81. The number of hydrogen-bond donors (Lipinski definition) is 1. The fraction of sp³-hybridized carbons (Fsp3) is 0.632. The van der Waals surface area contributed by atoms with Crippen LogP contribution in [0.1, 0.15) is 52.0 Å². The maximum absolute atomic E-state index is 11.6. The molecule has 0 radical (unpaired) electrons. The number of rotatable bonds is 5. The van der Waals surface area contributed by atoms with Crippen molar-refractivity contribution in [3.63, 3.8) is 0 Å². The van der Waals surface area contributed by atoms with Gasteiger partial charge in [0, 0.05) is 13.1 Å². The van der Waals surface area contributed by atoms with E-state index in [2.05, 4.69) is 30.9 Å². The number of carbonyl (C=O) groups excluding carboxylic acids is 1.